The normalized spacial score (nSPS) is 22.5. The van der Waals surface area contributed by atoms with Gasteiger partial charge in [-0.25, -0.2) is 4.68 Å². The molecule has 0 aliphatic carbocycles. The number of benzene rings is 1. The number of ether oxygens (including phenoxy) is 1. The van der Waals surface area contributed by atoms with Gasteiger partial charge in [0.25, 0.3) is 0 Å². The van der Waals surface area contributed by atoms with Crippen LogP contribution in [0.1, 0.15) is 24.1 Å². The van der Waals surface area contributed by atoms with Crippen LogP contribution < -0.4 is 0 Å². The first-order valence-corrected chi connectivity index (χ1v) is 9.90. The average Bonchev–Trinajstić information content (AvgIpc) is 3.12. The van der Waals surface area contributed by atoms with E-state index < -0.39 is 0 Å². The zero-order valence-corrected chi connectivity index (χ0v) is 15.8. The van der Waals surface area contributed by atoms with Gasteiger partial charge >= 0.3 is 0 Å². The molecule has 4 heterocycles. The molecule has 6 heteroatoms. The highest BCUT2D eigenvalue weighted by molar-refractivity contribution is 5.80. The van der Waals surface area contributed by atoms with Crippen molar-refractivity contribution < 1.29 is 9.53 Å². The molecule has 142 valence electrons. The van der Waals surface area contributed by atoms with E-state index in [0.29, 0.717) is 5.91 Å². The maximum Gasteiger partial charge on any atom is 0.228 e. The topological polar surface area (TPSA) is 50.6 Å². The molecule has 0 radical (unpaired) electrons. The highest BCUT2D eigenvalue weighted by atomic mass is 16.5. The fourth-order valence-electron chi connectivity index (χ4n) is 4.70. The molecule has 0 unspecified atom stereocenters. The molecule has 5 rings (SSSR count). The minimum atomic E-state index is -0.333. The third-order valence-corrected chi connectivity index (χ3v) is 6.29. The molecular formula is C21H26N4O2. The Balaban J connectivity index is 1.35. The number of carbonyl (C=O) groups excluding carboxylic acids is 1. The Hall–Kier alpha value is -2.18. The predicted octanol–water partition coefficient (Wildman–Crippen LogP) is 1.82. The number of hydrogen-bond acceptors (Lipinski definition) is 4. The summed E-state index contributed by atoms with van der Waals surface area (Å²) in [6.45, 7) is 4.04. The number of rotatable bonds is 2. The van der Waals surface area contributed by atoms with E-state index in [4.69, 9.17) is 9.84 Å². The van der Waals surface area contributed by atoms with E-state index in [-0.39, 0.29) is 11.5 Å². The summed E-state index contributed by atoms with van der Waals surface area (Å²) >= 11 is 0. The molecule has 3 aliphatic heterocycles. The van der Waals surface area contributed by atoms with Gasteiger partial charge in [0.15, 0.2) is 0 Å². The van der Waals surface area contributed by atoms with Crippen molar-refractivity contribution in [3.05, 3.63) is 47.8 Å². The number of hydrogen-bond donors (Lipinski definition) is 0. The van der Waals surface area contributed by atoms with Gasteiger partial charge in [-0.2, -0.15) is 5.10 Å². The maximum atomic E-state index is 12.7. The van der Waals surface area contributed by atoms with Crippen LogP contribution in [0.5, 0.6) is 0 Å². The quantitative estimate of drug-likeness (QED) is 0.814. The number of nitrogens with zero attached hydrogens (tertiary/aromatic N) is 4. The lowest BCUT2D eigenvalue weighted by atomic mass is 9.83. The molecule has 1 aromatic heterocycles. The third kappa shape index (κ3) is 2.87. The van der Waals surface area contributed by atoms with E-state index in [1.807, 2.05) is 27.8 Å². The molecule has 6 nitrogen and oxygen atoms in total. The fraction of sp³-hybridized carbons (Fsp3) is 0.524. The number of carbonyl (C=O) groups is 1. The lowest BCUT2D eigenvalue weighted by Crippen LogP contribution is -2.56. The van der Waals surface area contributed by atoms with Gasteiger partial charge in [0.1, 0.15) is 5.60 Å². The Labute approximate surface area is 159 Å². The lowest BCUT2D eigenvalue weighted by molar-refractivity contribution is -0.149. The number of likely N-dealkylation sites (tertiary alicyclic amines) is 2. The summed E-state index contributed by atoms with van der Waals surface area (Å²) in [6.07, 6.45) is 4.72. The van der Waals surface area contributed by atoms with Gasteiger partial charge in [0, 0.05) is 32.4 Å². The van der Waals surface area contributed by atoms with Gasteiger partial charge < -0.3 is 14.5 Å². The Morgan fingerprint density at radius 3 is 2.63 bits per heavy atom. The zero-order chi connectivity index (χ0) is 18.4. The molecule has 2 fully saturated rings. The van der Waals surface area contributed by atoms with Gasteiger partial charge in [-0.05, 0) is 44.0 Å². The number of aromatic nitrogens is 2. The molecule has 2 aromatic rings. The molecule has 1 spiro atoms. The van der Waals surface area contributed by atoms with Crippen LogP contribution in [-0.4, -0.2) is 65.3 Å². The monoisotopic (exact) mass is 366 g/mol. The van der Waals surface area contributed by atoms with E-state index in [1.54, 1.807) is 0 Å². The Morgan fingerprint density at radius 1 is 1.19 bits per heavy atom. The molecule has 3 aliphatic rings. The number of piperidine rings is 1. The lowest BCUT2D eigenvalue weighted by Gasteiger charge is -2.45. The molecule has 0 bridgehead atoms. The number of amides is 1. The van der Waals surface area contributed by atoms with Gasteiger partial charge in [-0.1, -0.05) is 18.2 Å². The summed E-state index contributed by atoms with van der Waals surface area (Å²) in [6, 6.07) is 10.2. The van der Waals surface area contributed by atoms with E-state index in [2.05, 4.69) is 30.3 Å². The van der Waals surface area contributed by atoms with Gasteiger partial charge in [-0.3, -0.25) is 4.79 Å². The minimum Gasteiger partial charge on any atom is -0.368 e. The number of fused-ring (bicyclic) bond motifs is 2. The van der Waals surface area contributed by atoms with E-state index >= 15 is 0 Å². The summed E-state index contributed by atoms with van der Waals surface area (Å²) in [7, 11) is 2.06. The van der Waals surface area contributed by atoms with Crippen molar-refractivity contribution in [2.45, 2.75) is 24.9 Å². The summed E-state index contributed by atoms with van der Waals surface area (Å²) in [4.78, 5) is 16.9. The van der Waals surface area contributed by atoms with Crippen molar-refractivity contribution in [1.29, 1.82) is 0 Å². The van der Waals surface area contributed by atoms with Crippen LogP contribution in [-0.2, 0) is 21.6 Å². The largest absolute Gasteiger partial charge is 0.368 e. The molecule has 1 aromatic carbocycles. The van der Waals surface area contributed by atoms with Crippen molar-refractivity contribution in [1.82, 2.24) is 19.6 Å². The smallest absolute Gasteiger partial charge is 0.228 e. The SMILES string of the molecule is CN1CC(C(=O)N2CCC3(CC2)OCCc2cn(-c4ccccc4)nc23)C1. The van der Waals surface area contributed by atoms with Crippen molar-refractivity contribution in [3.8, 4) is 5.69 Å². The van der Waals surface area contributed by atoms with E-state index in [0.717, 1.165) is 63.4 Å². The highest BCUT2D eigenvalue weighted by Crippen LogP contribution is 2.41. The standard InChI is InChI=1S/C21H26N4O2/c1-23-13-17(14-23)20(26)24-10-8-21(9-11-24)19-16(7-12-27-21)15-25(22-19)18-5-3-2-4-6-18/h2-6,15,17H,7-14H2,1H3. The molecule has 2 saturated heterocycles. The molecule has 27 heavy (non-hydrogen) atoms. The van der Waals surface area contributed by atoms with Gasteiger partial charge in [0.2, 0.25) is 5.91 Å². The summed E-state index contributed by atoms with van der Waals surface area (Å²) in [5.41, 5.74) is 3.10. The molecule has 0 atom stereocenters. The molecular weight excluding hydrogens is 340 g/mol. The zero-order valence-electron chi connectivity index (χ0n) is 15.8. The van der Waals surface area contributed by atoms with Gasteiger partial charge in [-0.15, -0.1) is 0 Å². The van der Waals surface area contributed by atoms with Crippen LogP contribution in [0.25, 0.3) is 5.69 Å². The van der Waals surface area contributed by atoms with Crippen molar-refractivity contribution in [3.63, 3.8) is 0 Å². The first-order chi connectivity index (χ1) is 13.1. The maximum absolute atomic E-state index is 12.7. The van der Waals surface area contributed by atoms with E-state index in [9.17, 15) is 4.79 Å². The second kappa shape index (κ2) is 6.46. The first kappa shape index (κ1) is 17.0. The minimum absolute atomic E-state index is 0.184. The van der Waals surface area contributed by atoms with Crippen LogP contribution in [0, 0.1) is 5.92 Å². The first-order valence-electron chi connectivity index (χ1n) is 9.90. The van der Waals surface area contributed by atoms with Crippen LogP contribution in [0.15, 0.2) is 36.5 Å². The van der Waals surface area contributed by atoms with Crippen LogP contribution >= 0.6 is 0 Å². The van der Waals surface area contributed by atoms with Crippen LogP contribution in [0.3, 0.4) is 0 Å². The van der Waals surface area contributed by atoms with E-state index in [1.165, 1.54) is 5.56 Å². The van der Waals surface area contributed by atoms with Crippen molar-refractivity contribution in [2.75, 3.05) is 39.8 Å². The number of para-hydroxylation sites is 1. The molecule has 0 N–H and O–H groups in total. The Morgan fingerprint density at radius 2 is 1.93 bits per heavy atom. The fourth-order valence-corrected chi connectivity index (χ4v) is 4.70. The van der Waals surface area contributed by atoms with Crippen molar-refractivity contribution in [2.24, 2.45) is 5.92 Å². The van der Waals surface area contributed by atoms with Gasteiger partial charge in [0.05, 0.1) is 23.9 Å². The van der Waals surface area contributed by atoms with Crippen LogP contribution in [0.2, 0.25) is 0 Å². The molecule has 1 amide bonds. The van der Waals surface area contributed by atoms with Crippen LogP contribution in [0.4, 0.5) is 0 Å². The predicted molar refractivity (Wildman–Crippen MR) is 102 cm³/mol. The highest BCUT2D eigenvalue weighted by Gasteiger charge is 2.45. The second-order valence-electron chi connectivity index (χ2n) is 8.12. The Kier molecular flexibility index (Phi) is 4.06. The molecule has 0 saturated carbocycles. The summed E-state index contributed by atoms with van der Waals surface area (Å²) < 4.78 is 8.28. The average molecular weight is 366 g/mol. The summed E-state index contributed by atoms with van der Waals surface area (Å²) in [5.74, 6) is 0.498. The Bertz CT molecular complexity index is 833. The second-order valence-corrected chi connectivity index (χ2v) is 8.12. The third-order valence-electron chi connectivity index (χ3n) is 6.29. The summed E-state index contributed by atoms with van der Waals surface area (Å²) in [5, 5.41) is 4.92. The van der Waals surface area contributed by atoms with Crippen molar-refractivity contribution >= 4 is 5.91 Å².